The van der Waals surface area contributed by atoms with E-state index in [1.54, 1.807) is 7.05 Å². The molecule has 2 aliphatic heterocycles. The first-order valence-corrected chi connectivity index (χ1v) is 10.2. The van der Waals surface area contributed by atoms with E-state index in [0.717, 1.165) is 22.0 Å². The zero-order valence-electron chi connectivity index (χ0n) is 17.5. The molecule has 3 heterocycles. The van der Waals surface area contributed by atoms with Crippen LogP contribution in [0.5, 0.6) is 0 Å². The van der Waals surface area contributed by atoms with E-state index in [0.29, 0.717) is 11.8 Å². The SMILES string of the molecule is Cc1c[n+]2c(n1C(C)C)N=C1C2C(=O)N(Cc2cccc3ccccc23)C(=O)N1C. The summed E-state index contributed by atoms with van der Waals surface area (Å²) in [6.07, 6.45) is 1.95. The summed E-state index contributed by atoms with van der Waals surface area (Å²) < 4.78 is 3.98. The number of carbonyl (C=O) groups excluding carboxylic acids is 2. The molecule has 1 saturated heterocycles. The highest BCUT2D eigenvalue weighted by molar-refractivity contribution is 6.19. The van der Waals surface area contributed by atoms with E-state index in [1.807, 2.05) is 60.2 Å². The van der Waals surface area contributed by atoms with Gasteiger partial charge in [-0.25, -0.2) is 13.9 Å². The van der Waals surface area contributed by atoms with E-state index in [4.69, 9.17) is 0 Å². The van der Waals surface area contributed by atoms with Crippen LogP contribution in [0.4, 0.5) is 10.7 Å². The van der Waals surface area contributed by atoms with Crippen LogP contribution >= 0.6 is 0 Å². The Morgan fingerprint density at radius 1 is 1.10 bits per heavy atom. The number of hydrogen-bond donors (Lipinski definition) is 0. The molecule has 7 nitrogen and oxygen atoms in total. The van der Waals surface area contributed by atoms with Gasteiger partial charge < -0.3 is 0 Å². The number of rotatable bonds is 3. The number of urea groups is 1. The van der Waals surface area contributed by atoms with Gasteiger partial charge in [-0.15, -0.1) is 0 Å². The van der Waals surface area contributed by atoms with Crippen LogP contribution in [0, 0.1) is 6.92 Å². The van der Waals surface area contributed by atoms with Crippen LogP contribution in [0.25, 0.3) is 10.8 Å². The van der Waals surface area contributed by atoms with Crippen LogP contribution < -0.4 is 4.57 Å². The normalized spacial score (nSPS) is 18.3. The molecule has 3 aromatic rings. The molecule has 2 aromatic carbocycles. The molecule has 30 heavy (non-hydrogen) atoms. The number of benzene rings is 2. The number of nitrogens with zero attached hydrogens (tertiary/aromatic N) is 5. The van der Waals surface area contributed by atoms with Crippen LogP contribution in [-0.2, 0) is 11.3 Å². The van der Waals surface area contributed by atoms with E-state index < -0.39 is 6.04 Å². The highest BCUT2D eigenvalue weighted by atomic mass is 16.2. The molecule has 152 valence electrons. The summed E-state index contributed by atoms with van der Waals surface area (Å²) in [4.78, 5) is 34.2. The molecular formula is C23H24N5O2+. The van der Waals surface area contributed by atoms with Crippen molar-refractivity contribution in [2.45, 2.75) is 39.4 Å². The number of fused-ring (bicyclic) bond motifs is 4. The molecule has 1 fully saturated rings. The first kappa shape index (κ1) is 18.5. The van der Waals surface area contributed by atoms with E-state index >= 15 is 0 Å². The van der Waals surface area contributed by atoms with Gasteiger partial charge in [0.05, 0.1) is 12.6 Å². The molecule has 0 bridgehead atoms. The van der Waals surface area contributed by atoms with Gasteiger partial charge in [0.1, 0.15) is 11.9 Å². The summed E-state index contributed by atoms with van der Waals surface area (Å²) in [7, 11) is 1.69. The summed E-state index contributed by atoms with van der Waals surface area (Å²) in [5.41, 5.74) is 1.98. The van der Waals surface area contributed by atoms with E-state index in [9.17, 15) is 9.59 Å². The van der Waals surface area contributed by atoms with Gasteiger partial charge in [-0.2, -0.15) is 0 Å². The number of amidine groups is 1. The van der Waals surface area contributed by atoms with E-state index in [2.05, 4.69) is 23.4 Å². The molecule has 1 atom stereocenters. The second kappa shape index (κ2) is 6.52. The van der Waals surface area contributed by atoms with Gasteiger partial charge in [0.2, 0.25) is 11.9 Å². The van der Waals surface area contributed by atoms with Gasteiger partial charge in [-0.1, -0.05) is 47.5 Å². The minimum atomic E-state index is -0.614. The third kappa shape index (κ3) is 2.51. The van der Waals surface area contributed by atoms with Crippen LogP contribution in [-0.4, -0.2) is 39.2 Å². The quantitative estimate of drug-likeness (QED) is 0.630. The number of imidazole rings is 1. The average molecular weight is 402 g/mol. The first-order chi connectivity index (χ1) is 14.4. The van der Waals surface area contributed by atoms with Crippen molar-refractivity contribution in [2.24, 2.45) is 4.99 Å². The maximum Gasteiger partial charge on any atom is 0.402 e. The zero-order valence-corrected chi connectivity index (χ0v) is 17.5. The Hall–Kier alpha value is -3.48. The van der Waals surface area contributed by atoms with Crippen molar-refractivity contribution in [1.29, 1.82) is 0 Å². The number of hydrogen-bond acceptors (Lipinski definition) is 3. The third-order valence-corrected chi connectivity index (χ3v) is 5.98. The standard InChI is InChI=1S/C23H24N5O2/c1-14(2)28-15(3)12-26-19-20(24-22(26)28)25(4)23(30)27(21(19)29)13-17-10-7-9-16-8-5-6-11-18(16)17/h5-12,14,19H,13H2,1-4H3/q+1. The topological polar surface area (TPSA) is 61.8 Å². The van der Waals surface area contributed by atoms with Crippen LogP contribution in [0.15, 0.2) is 53.7 Å². The Labute approximate surface area is 174 Å². The number of carbonyl (C=O) groups is 2. The lowest BCUT2D eigenvalue weighted by atomic mass is 10.0. The first-order valence-electron chi connectivity index (χ1n) is 10.2. The lowest BCUT2D eigenvalue weighted by Crippen LogP contribution is -2.62. The fourth-order valence-corrected chi connectivity index (χ4v) is 4.59. The fraction of sp³-hybridized carbons (Fsp3) is 0.304. The number of amides is 3. The lowest BCUT2D eigenvalue weighted by Gasteiger charge is -2.33. The Balaban J connectivity index is 1.57. The minimum absolute atomic E-state index is 0.202. The Bertz CT molecular complexity index is 1230. The predicted octanol–water partition coefficient (Wildman–Crippen LogP) is 3.50. The second-order valence-electron chi connectivity index (χ2n) is 8.22. The Kier molecular flexibility index (Phi) is 4.03. The zero-order chi connectivity index (χ0) is 21.2. The van der Waals surface area contributed by atoms with Gasteiger partial charge in [0, 0.05) is 7.05 Å². The number of imide groups is 1. The van der Waals surface area contributed by atoms with Gasteiger partial charge in [0.25, 0.3) is 5.91 Å². The van der Waals surface area contributed by atoms with Crippen LogP contribution in [0.2, 0.25) is 0 Å². The van der Waals surface area contributed by atoms with E-state index in [1.165, 1.54) is 9.80 Å². The van der Waals surface area contributed by atoms with Crippen molar-refractivity contribution in [3.63, 3.8) is 0 Å². The second-order valence-corrected chi connectivity index (χ2v) is 8.22. The largest absolute Gasteiger partial charge is 0.402 e. The van der Waals surface area contributed by atoms with Crippen LogP contribution in [0.3, 0.4) is 0 Å². The van der Waals surface area contributed by atoms with Gasteiger partial charge in [-0.05, 0) is 37.1 Å². The summed E-state index contributed by atoms with van der Waals surface area (Å²) in [5.74, 6) is 0.959. The van der Waals surface area contributed by atoms with Crippen molar-refractivity contribution in [2.75, 3.05) is 7.05 Å². The minimum Gasteiger partial charge on any atom is -0.270 e. The molecule has 5 rings (SSSR count). The van der Waals surface area contributed by atoms with Gasteiger partial charge in [0.15, 0.2) is 0 Å². The monoisotopic (exact) mass is 402 g/mol. The molecule has 3 amide bonds. The molecule has 7 heteroatoms. The number of aryl methyl sites for hydroxylation is 1. The van der Waals surface area contributed by atoms with Gasteiger partial charge in [-0.3, -0.25) is 14.6 Å². The molecule has 0 N–H and O–H groups in total. The fourth-order valence-electron chi connectivity index (χ4n) is 4.59. The molecule has 1 unspecified atom stereocenters. The summed E-state index contributed by atoms with van der Waals surface area (Å²) in [5, 5.41) is 2.13. The molecular weight excluding hydrogens is 378 g/mol. The molecule has 1 aromatic heterocycles. The highest BCUT2D eigenvalue weighted by Crippen LogP contribution is 2.32. The van der Waals surface area contributed by atoms with Crippen molar-refractivity contribution in [1.82, 2.24) is 14.4 Å². The predicted molar refractivity (Wildman–Crippen MR) is 114 cm³/mol. The Morgan fingerprint density at radius 3 is 2.60 bits per heavy atom. The lowest BCUT2D eigenvalue weighted by molar-refractivity contribution is -0.677. The molecule has 0 aliphatic carbocycles. The highest BCUT2D eigenvalue weighted by Gasteiger charge is 2.53. The molecule has 0 saturated carbocycles. The molecule has 0 spiro atoms. The van der Waals surface area contributed by atoms with E-state index in [-0.39, 0.29) is 24.5 Å². The number of aromatic nitrogens is 2. The third-order valence-electron chi connectivity index (χ3n) is 5.98. The maximum atomic E-state index is 13.5. The van der Waals surface area contributed by atoms with Crippen molar-refractivity contribution < 1.29 is 14.2 Å². The number of likely N-dealkylation sites (N-methyl/N-ethyl adjacent to an activating group) is 1. The van der Waals surface area contributed by atoms with Crippen molar-refractivity contribution in [3.8, 4) is 0 Å². The van der Waals surface area contributed by atoms with Gasteiger partial charge >= 0.3 is 12.0 Å². The van der Waals surface area contributed by atoms with Crippen molar-refractivity contribution >= 4 is 34.5 Å². The maximum absolute atomic E-state index is 13.5. The number of aliphatic imine (C=N–C) groups is 1. The summed E-state index contributed by atoms with van der Waals surface area (Å²) in [6, 6.07) is 13.2. The molecule has 2 aliphatic rings. The Morgan fingerprint density at radius 2 is 1.83 bits per heavy atom. The summed E-state index contributed by atoms with van der Waals surface area (Å²) in [6.45, 7) is 6.41. The summed E-state index contributed by atoms with van der Waals surface area (Å²) >= 11 is 0. The molecule has 0 radical (unpaired) electrons. The smallest absolute Gasteiger partial charge is 0.270 e. The van der Waals surface area contributed by atoms with Crippen molar-refractivity contribution in [3.05, 3.63) is 59.9 Å². The van der Waals surface area contributed by atoms with Crippen LogP contribution in [0.1, 0.15) is 37.2 Å². The average Bonchev–Trinajstić information content (AvgIpc) is 3.24.